The summed E-state index contributed by atoms with van der Waals surface area (Å²) in [5.74, 6) is -0.0727. The molecule has 3 nitrogen and oxygen atoms in total. The second-order valence-electron chi connectivity index (χ2n) is 4.96. The number of aryl methyl sites for hydroxylation is 1. The summed E-state index contributed by atoms with van der Waals surface area (Å²) in [5.41, 5.74) is 2.71. The van der Waals surface area contributed by atoms with Crippen LogP contribution in [0.15, 0.2) is 24.3 Å². The molecule has 1 rings (SSSR count). The maximum Gasteiger partial charge on any atom is 0.305 e. The number of benzene rings is 1. The van der Waals surface area contributed by atoms with E-state index in [0.717, 1.165) is 38.8 Å². The molecule has 0 aromatic heterocycles. The van der Waals surface area contributed by atoms with E-state index in [1.54, 1.807) is 0 Å². The minimum absolute atomic E-state index is 0.0727. The third-order valence-electron chi connectivity index (χ3n) is 3.30. The van der Waals surface area contributed by atoms with Crippen molar-refractivity contribution in [2.45, 2.75) is 52.5 Å². The molecule has 1 aromatic carbocycles. The lowest BCUT2D eigenvalue weighted by Gasteiger charge is -2.06. The summed E-state index contributed by atoms with van der Waals surface area (Å²) in [7, 11) is 0. The van der Waals surface area contributed by atoms with Gasteiger partial charge in [0.25, 0.3) is 0 Å². The normalized spacial score (nSPS) is 10.5. The number of unbranched alkanes of at least 4 members (excludes halogenated alkanes) is 2. The zero-order valence-electron chi connectivity index (χ0n) is 12.8. The molecule has 0 heterocycles. The Morgan fingerprint density at radius 3 is 2.40 bits per heavy atom. The van der Waals surface area contributed by atoms with Crippen LogP contribution in [0.3, 0.4) is 0 Å². The van der Waals surface area contributed by atoms with Gasteiger partial charge in [-0.25, -0.2) is 0 Å². The van der Waals surface area contributed by atoms with Crippen molar-refractivity contribution in [3.05, 3.63) is 35.4 Å². The maximum absolute atomic E-state index is 11.1. The summed E-state index contributed by atoms with van der Waals surface area (Å²) >= 11 is 0. The first-order valence-electron chi connectivity index (χ1n) is 7.70. The molecule has 0 fully saturated rings. The molecule has 1 N–H and O–H groups in total. The predicted octanol–water partition coefficient (Wildman–Crippen LogP) is 3.46. The summed E-state index contributed by atoms with van der Waals surface area (Å²) in [6, 6.07) is 8.76. The summed E-state index contributed by atoms with van der Waals surface area (Å²) < 4.78 is 4.89. The number of ether oxygens (including phenoxy) is 1. The highest BCUT2D eigenvalue weighted by molar-refractivity contribution is 5.69. The van der Waals surface area contributed by atoms with E-state index < -0.39 is 0 Å². The van der Waals surface area contributed by atoms with Crippen LogP contribution in [0.25, 0.3) is 0 Å². The maximum atomic E-state index is 11.1. The quantitative estimate of drug-likeness (QED) is 0.526. The largest absolute Gasteiger partial charge is 0.466 e. The zero-order valence-corrected chi connectivity index (χ0v) is 12.8. The first-order chi connectivity index (χ1) is 9.76. The van der Waals surface area contributed by atoms with E-state index in [4.69, 9.17) is 4.74 Å². The molecule has 1 aromatic rings. The van der Waals surface area contributed by atoms with Gasteiger partial charge >= 0.3 is 5.97 Å². The fraction of sp³-hybridized carbons (Fsp3) is 0.588. The van der Waals surface area contributed by atoms with Crippen LogP contribution >= 0.6 is 0 Å². The second-order valence-corrected chi connectivity index (χ2v) is 4.96. The standard InChI is InChI=1S/C17H27NO2/c1-3-15-9-11-16(12-10-15)14-18-13-7-5-6-8-17(19)20-4-2/h9-12,18H,3-8,13-14H2,1-2H3. The molecule has 0 aliphatic carbocycles. The van der Waals surface area contributed by atoms with Crippen LogP contribution in [0.5, 0.6) is 0 Å². The molecule has 0 bridgehead atoms. The molecular formula is C17H27NO2. The van der Waals surface area contributed by atoms with Gasteiger partial charge in [0.05, 0.1) is 6.61 Å². The van der Waals surface area contributed by atoms with E-state index in [-0.39, 0.29) is 5.97 Å². The Morgan fingerprint density at radius 1 is 1.05 bits per heavy atom. The van der Waals surface area contributed by atoms with Gasteiger partial charge in [-0.05, 0) is 43.9 Å². The Morgan fingerprint density at radius 2 is 1.75 bits per heavy atom. The smallest absolute Gasteiger partial charge is 0.305 e. The Kier molecular flexibility index (Phi) is 8.72. The highest BCUT2D eigenvalue weighted by atomic mass is 16.5. The molecule has 0 radical (unpaired) electrons. The summed E-state index contributed by atoms with van der Waals surface area (Å²) in [6.07, 6.45) is 4.74. The van der Waals surface area contributed by atoms with Crippen molar-refractivity contribution >= 4 is 5.97 Å². The number of nitrogens with one attached hydrogen (secondary N) is 1. The van der Waals surface area contributed by atoms with Gasteiger partial charge in [0.15, 0.2) is 0 Å². The molecule has 0 saturated carbocycles. The number of rotatable bonds is 10. The van der Waals surface area contributed by atoms with Crippen molar-refractivity contribution < 1.29 is 9.53 Å². The molecule has 0 unspecified atom stereocenters. The highest BCUT2D eigenvalue weighted by Crippen LogP contribution is 2.05. The van der Waals surface area contributed by atoms with E-state index in [0.29, 0.717) is 13.0 Å². The van der Waals surface area contributed by atoms with Crippen LogP contribution in [0, 0.1) is 0 Å². The van der Waals surface area contributed by atoms with Gasteiger partial charge in [-0.3, -0.25) is 4.79 Å². The van der Waals surface area contributed by atoms with Crippen molar-refractivity contribution in [2.75, 3.05) is 13.2 Å². The van der Waals surface area contributed by atoms with Crippen LogP contribution in [0.2, 0.25) is 0 Å². The van der Waals surface area contributed by atoms with Crippen molar-refractivity contribution in [1.29, 1.82) is 0 Å². The third kappa shape index (κ3) is 7.29. The Labute approximate surface area is 122 Å². The van der Waals surface area contributed by atoms with Crippen LogP contribution < -0.4 is 5.32 Å². The molecular weight excluding hydrogens is 250 g/mol. The summed E-state index contributed by atoms with van der Waals surface area (Å²) in [5, 5.41) is 3.44. The molecule has 0 atom stereocenters. The molecule has 20 heavy (non-hydrogen) atoms. The highest BCUT2D eigenvalue weighted by Gasteiger charge is 2.00. The van der Waals surface area contributed by atoms with Crippen LogP contribution in [0.4, 0.5) is 0 Å². The van der Waals surface area contributed by atoms with Crippen LogP contribution in [-0.4, -0.2) is 19.1 Å². The van der Waals surface area contributed by atoms with E-state index in [1.165, 1.54) is 11.1 Å². The van der Waals surface area contributed by atoms with Crippen LogP contribution in [-0.2, 0) is 22.5 Å². The number of carbonyl (C=O) groups is 1. The molecule has 112 valence electrons. The number of hydrogen-bond acceptors (Lipinski definition) is 3. The first kappa shape index (κ1) is 16.7. The topological polar surface area (TPSA) is 38.3 Å². The van der Waals surface area contributed by atoms with Crippen LogP contribution in [0.1, 0.15) is 50.7 Å². The molecule has 0 aliphatic rings. The van der Waals surface area contributed by atoms with E-state index in [1.807, 2.05) is 6.92 Å². The van der Waals surface area contributed by atoms with Crippen molar-refractivity contribution in [3.8, 4) is 0 Å². The minimum atomic E-state index is -0.0727. The molecule has 0 spiro atoms. The third-order valence-corrected chi connectivity index (χ3v) is 3.30. The Balaban J connectivity index is 2.00. The van der Waals surface area contributed by atoms with E-state index in [9.17, 15) is 4.79 Å². The van der Waals surface area contributed by atoms with E-state index >= 15 is 0 Å². The Bertz CT molecular complexity index is 373. The summed E-state index contributed by atoms with van der Waals surface area (Å²) in [6.45, 7) is 6.41. The van der Waals surface area contributed by atoms with Gasteiger partial charge in [-0.15, -0.1) is 0 Å². The van der Waals surface area contributed by atoms with Gasteiger partial charge in [0.1, 0.15) is 0 Å². The fourth-order valence-electron chi connectivity index (χ4n) is 2.05. The van der Waals surface area contributed by atoms with Gasteiger partial charge in [0.2, 0.25) is 0 Å². The second kappa shape index (κ2) is 10.4. The summed E-state index contributed by atoms with van der Waals surface area (Å²) in [4.78, 5) is 11.1. The molecule has 3 heteroatoms. The average Bonchev–Trinajstić information content (AvgIpc) is 2.47. The first-order valence-corrected chi connectivity index (χ1v) is 7.70. The van der Waals surface area contributed by atoms with Crippen molar-refractivity contribution in [2.24, 2.45) is 0 Å². The Hall–Kier alpha value is -1.35. The molecule has 0 aliphatic heterocycles. The van der Waals surface area contributed by atoms with Gasteiger partial charge in [-0.1, -0.05) is 37.6 Å². The van der Waals surface area contributed by atoms with Crippen molar-refractivity contribution in [3.63, 3.8) is 0 Å². The number of esters is 1. The average molecular weight is 277 g/mol. The zero-order chi connectivity index (χ0) is 14.6. The number of hydrogen-bond donors (Lipinski definition) is 1. The van der Waals surface area contributed by atoms with Crippen molar-refractivity contribution in [1.82, 2.24) is 5.32 Å². The predicted molar refractivity (Wildman–Crippen MR) is 82.6 cm³/mol. The lowest BCUT2D eigenvalue weighted by molar-refractivity contribution is -0.143. The monoisotopic (exact) mass is 277 g/mol. The minimum Gasteiger partial charge on any atom is -0.466 e. The van der Waals surface area contributed by atoms with E-state index in [2.05, 4.69) is 36.5 Å². The van der Waals surface area contributed by atoms with Gasteiger partial charge in [-0.2, -0.15) is 0 Å². The lowest BCUT2D eigenvalue weighted by atomic mass is 10.1. The van der Waals surface area contributed by atoms with Gasteiger partial charge < -0.3 is 10.1 Å². The SMILES string of the molecule is CCOC(=O)CCCCCNCc1ccc(CC)cc1. The molecule has 0 amide bonds. The molecule has 0 saturated heterocycles. The fourth-order valence-corrected chi connectivity index (χ4v) is 2.05. The lowest BCUT2D eigenvalue weighted by Crippen LogP contribution is -2.14. The van der Waals surface area contributed by atoms with Gasteiger partial charge in [0, 0.05) is 13.0 Å². The number of carbonyl (C=O) groups excluding carboxylic acids is 1.